The van der Waals surface area contributed by atoms with Crippen molar-refractivity contribution in [3.8, 4) is 0 Å². The summed E-state index contributed by atoms with van der Waals surface area (Å²) < 4.78 is 3.92. The van der Waals surface area contributed by atoms with Crippen molar-refractivity contribution in [1.29, 1.82) is 0 Å². The summed E-state index contributed by atoms with van der Waals surface area (Å²) in [4.78, 5) is 12.3. The Morgan fingerprint density at radius 3 is 2.39 bits per heavy atom. The second kappa shape index (κ2) is 5.63. The van der Waals surface area contributed by atoms with E-state index >= 15 is 0 Å². The molecule has 0 amide bonds. The smallest absolute Gasteiger partial charge is 0.290 e. The molecular weight excluding hydrogens is 226 g/mol. The molecule has 2 N–H and O–H groups in total. The van der Waals surface area contributed by atoms with Crippen molar-refractivity contribution in [2.75, 3.05) is 5.73 Å². The van der Waals surface area contributed by atoms with Gasteiger partial charge in [-0.2, -0.15) is 0 Å². The summed E-state index contributed by atoms with van der Waals surface area (Å²) in [6, 6.07) is 0.345. The van der Waals surface area contributed by atoms with E-state index < -0.39 is 0 Å². The van der Waals surface area contributed by atoms with Gasteiger partial charge in [0.15, 0.2) is 0 Å². The molecule has 1 aliphatic rings. The molecule has 2 rings (SSSR count). The van der Waals surface area contributed by atoms with Gasteiger partial charge < -0.3 is 5.73 Å². The van der Waals surface area contributed by atoms with Crippen molar-refractivity contribution in [2.45, 2.75) is 64.3 Å². The van der Waals surface area contributed by atoms with Gasteiger partial charge in [-0.3, -0.25) is 9.48 Å². The molecule has 1 saturated carbocycles. The van der Waals surface area contributed by atoms with Crippen LogP contribution in [0.1, 0.15) is 63.6 Å². The van der Waals surface area contributed by atoms with Gasteiger partial charge in [0, 0.05) is 7.05 Å². The maximum atomic E-state index is 12.3. The van der Waals surface area contributed by atoms with E-state index in [1.807, 2.05) is 16.4 Å². The third-order valence-corrected chi connectivity index (χ3v) is 4.12. The van der Waals surface area contributed by atoms with Gasteiger partial charge >= 0.3 is 0 Å². The monoisotopic (exact) mass is 251 g/mol. The maximum Gasteiger partial charge on any atom is 0.290 e. The van der Waals surface area contributed by atoms with Crippen molar-refractivity contribution in [3.63, 3.8) is 0 Å². The highest BCUT2D eigenvalue weighted by Crippen LogP contribution is 2.27. The van der Waals surface area contributed by atoms with E-state index in [0.29, 0.717) is 11.7 Å². The first kappa shape index (κ1) is 13.2. The second-order valence-electron chi connectivity index (χ2n) is 5.43. The minimum Gasteiger partial charge on any atom is -0.393 e. The predicted molar refractivity (Wildman–Crippen MR) is 74.8 cm³/mol. The molecule has 0 bridgehead atoms. The zero-order chi connectivity index (χ0) is 13.1. The lowest BCUT2D eigenvalue weighted by molar-refractivity contribution is 0.346. The Balaban J connectivity index is 2.37. The highest BCUT2D eigenvalue weighted by atomic mass is 16.1. The molecule has 1 aliphatic carbocycles. The topological polar surface area (TPSA) is 53.0 Å². The molecule has 1 fully saturated rings. The highest BCUT2D eigenvalue weighted by molar-refractivity contribution is 5.41. The zero-order valence-electron chi connectivity index (χ0n) is 11.6. The fourth-order valence-electron chi connectivity index (χ4n) is 3.13. The molecule has 0 saturated heterocycles. The van der Waals surface area contributed by atoms with Gasteiger partial charge in [-0.1, -0.05) is 39.0 Å². The maximum absolute atomic E-state index is 12.3. The van der Waals surface area contributed by atoms with Gasteiger partial charge in [-0.25, -0.2) is 4.68 Å². The zero-order valence-corrected chi connectivity index (χ0v) is 11.6. The number of hydrogen-bond acceptors (Lipinski definition) is 2. The first-order valence-corrected chi connectivity index (χ1v) is 7.22. The average molecular weight is 251 g/mol. The Morgan fingerprint density at radius 2 is 1.83 bits per heavy atom. The summed E-state index contributed by atoms with van der Waals surface area (Å²) in [5.74, 6) is 0. The largest absolute Gasteiger partial charge is 0.393 e. The molecule has 0 aliphatic heterocycles. The van der Waals surface area contributed by atoms with Crippen molar-refractivity contribution in [2.24, 2.45) is 7.05 Å². The SMILES string of the molecule is CCCc1c(N)c(=O)n(C2CCCCCC2)n1C. The number of nitrogen functional groups attached to an aromatic ring is 1. The van der Waals surface area contributed by atoms with Crippen LogP contribution in [0.5, 0.6) is 0 Å². The summed E-state index contributed by atoms with van der Waals surface area (Å²) in [7, 11) is 1.98. The molecule has 1 aromatic heterocycles. The lowest BCUT2D eigenvalue weighted by Gasteiger charge is -2.19. The van der Waals surface area contributed by atoms with Crippen LogP contribution in [0.4, 0.5) is 5.69 Å². The molecular formula is C14H25N3O. The van der Waals surface area contributed by atoms with Gasteiger partial charge in [0.2, 0.25) is 0 Å². The number of anilines is 1. The van der Waals surface area contributed by atoms with Crippen LogP contribution in [0.2, 0.25) is 0 Å². The van der Waals surface area contributed by atoms with Crippen molar-refractivity contribution in [1.82, 2.24) is 9.36 Å². The minimum atomic E-state index is 0.0212. The molecule has 4 nitrogen and oxygen atoms in total. The number of nitrogens with two attached hydrogens (primary N) is 1. The van der Waals surface area contributed by atoms with Gasteiger partial charge in [0.1, 0.15) is 5.69 Å². The van der Waals surface area contributed by atoms with Crippen LogP contribution in [0.15, 0.2) is 4.79 Å². The van der Waals surface area contributed by atoms with E-state index in [9.17, 15) is 4.79 Å². The summed E-state index contributed by atoms with van der Waals surface area (Å²) in [5.41, 5.74) is 7.47. The van der Waals surface area contributed by atoms with Gasteiger partial charge in [-0.15, -0.1) is 0 Å². The summed E-state index contributed by atoms with van der Waals surface area (Å²) in [6.07, 6.45) is 9.19. The van der Waals surface area contributed by atoms with E-state index in [0.717, 1.165) is 31.4 Å². The van der Waals surface area contributed by atoms with Crippen LogP contribution in [0, 0.1) is 0 Å². The van der Waals surface area contributed by atoms with E-state index in [2.05, 4.69) is 6.92 Å². The molecule has 0 spiro atoms. The first-order chi connectivity index (χ1) is 8.66. The Kier molecular flexibility index (Phi) is 4.15. The molecule has 18 heavy (non-hydrogen) atoms. The Labute approximate surface area is 109 Å². The Morgan fingerprint density at radius 1 is 1.22 bits per heavy atom. The highest BCUT2D eigenvalue weighted by Gasteiger charge is 2.22. The quantitative estimate of drug-likeness (QED) is 0.840. The fraction of sp³-hybridized carbons (Fsp3) is 0.786. The number of hydrogen-bond donors (Lipinski definition) is 1. The van der Waals surface area contributed by atoms with E-state index in [-0.39, 0.29) is 5.56 Å². The first-order valence-electron chi connectivity index (χ1n) is 7.22. The van der Waals surface area contributed by atoms with Crippen LogP contribution >= 0.6 is 0 Å². The predicted octanol–water partition coefficient (Wildman–Crippen LogP) is 2.62. The van der Waals surface area contributed by atoms with Crippen LogP contribution in [0.3, 0.4) is 0 Å². The standard InChI is InChI=1S/C14H25N3O/c1-3-8-12-13(15)14(18)17(16(12)2)11-9-6-4-5-7-10-11/h11H,3-10,15H2,1-2H3. The van der Waals surface area contributed by atoms with Crippen molar-refractivity contribution < 1.29 is 0 Å². The van der Waals surface area contributed by atoms with Gasteiger partial charge in [0.25, 0.3) is 5.56 Å². The van der Waals surface area contributed by atoms with E-state index in [4.69, 9.17) is 5.73 Å². The molecule has 1 heterocycles. The second-order valence-corrected chi connectivity index (χ2v) is 5.43. The number of rotatable bonds is 3. The summed E-state index contributed by atoms with van der Waals surface area (Å²) in [6.45, 7) is 2.12. The Hall–Kier alpha value is -1.19. The van der Waals surface area contributed by atoms with Crippen molar-refractivity contribution in [3.05, 3.63) is 16.0 Å². The number of nitrogens with zero attached hydrogens (tertiary/aromatic N) is 2. The average Bonchev–Trinajstić information content (AvgIpc) is 2.59. The molecule has 0 unspecified atom stereocenters. The molecule has 0 atom stereocenters. The van der Waals surface area contributed by atoms with E-state index in [1.54, 1.807) is 0 Å². The van der Waals surface area contributed by atoms with Crippen LogP contribution in [0.25, 0.3) is 0 Å². The molecule has 4 heteroatoms. The normalized spacial score (nSPS) is 17.9. The lowest BCUT2D eigenvalue weighted by Crippen LogP contribution is -2.27. The van der Waals surface area contributed by atoms with Crippen LogP contribution < -0.4 is 11.3 Å². The minimum absolute atomic E-state index is 0.0212. The lowest BCUT2D eigenvalue weighted by atomic mass is 10.1. The fourth-order valence-corrected chi connectivity index (χ4v) is 3.13. The van der Waals surface area contributed by atoms with E-state index in [1.165, 1.54) is 25.7 Å². The molecule has 0 radical (unpaired) electrons. The third-order valence-electron chi connectivity index (χ3n) is 4.12. The third kappa shape index (κ3) is 2.33. The van der Waals surface area contributed by atoms with Crippen molar-refractivity contribution >= 4 is 5.69 Å². The summed E-state index contributed by atoms with van der Waals surface area (Å²) in [5, 5.41) is 0. The number of aromatic nitrogens is 2. The van der Waals surface area contributed by atoms with Crippen LogP contribution in [-0.4, -0.2) is 9.36 Å². The summed E-state index contributed by atoms with van der Waals surface area (Å²) >= 11 is 0. The molecule has 0 aromatic carbocycles. The van der Waals surface area contributed by atoms with Crippen LogP contribution in [-0.2, 0) is 13.5 Å². The molecule has 102 valence electrons. The van der Waals surface area contributed by atoms with Gasteiger partial charge in [-0.05, 0) is 19.3 Å². The Bertz CT molecular complexity index is 450. The molecule has 1 aromatic rings. The van der Waals surface area contributed by atoms with Gasteiger partial charge in [0.05, 0.1) is 11.7 Å².